The summed E-state index contributed by atoms with van der Waals surface area (Å²) in [5, 5.41) is 1.23. The van der Waals surface area contributed by atoms with Gasteiger partial charge in [0, 0.05) is 26.5 Å². The highest BCUT2D eigenvalue weighted by atomic mass is 127. The van der Waals surface area contributed by atoms with Crippen molar-refractivity contribution in [1.29, 1.82) is 0 Å². The van der Waals surface area contributed by atoms with Crippen LogP contribution in [-0.4, -0.2) is 28.5 Å². The van der Waals surface area contributed by atoms with Gasteiger partial charge in [-0.2, -0.15) is 0 Å². The molecule has 0 fully saturated rings. The van der Waals surface area contributed by atoms with Crippen LogP contribution in [0, 0.1) is 3.70 Å². The Morgan fingerprint density at radius 2 is 2.06 bits per heavy atom. The molecule has 0 saturated heterocycles. The van der Waals surface area contributed by atoms with Crippen LogP contribution in [0.1, 0.15) is 0 Å². The predicted molar refractivity (Wildman–Crippen MR) is 83.3 cm³/mol. The molecule has 4 nitrogen and oxygen atoms in total. The molecule has 0 aliphatic carbocycles. The second-order valence-corrected chi connectivity index (χ2v) is 6.28. The first kappa shape index (κ1) is 11.9. The fraction of sp³-hybridized carbons (Fsp3) is 0.167. The molecule has 18 heavy (non-hydrogen) atoms. The van der Waals surface area contributed by atoms with Gasteiger partial charge in [0.25, 0.3) is 0 Å². The minimum Gasteiger partial charge on any atom is -0.370 e. The second-order valence-electron chi connectivity index (χ2n) is 4.12. The number of rotatable bonds is 2. The average Bonchev–Trinajstić information content (AvgIpc) is 2.93. The number of anilines is 1. The Hall–Kier alpha value is -1.15. The van der Waals surface area contributed by atoms with E-state index in [4.69, 9.17) is 0 Å². The minimum absolute atomic E-state index is 0.747. The van der Waals surface area contributed by atoms with E-state index in [0.29, 0.717) is 0 Å². The van der Waals surface area contributed by atoms with E-state index >= 15 is 0 Å². The van der Waals surface area contributed by atoms with Gasteiger partial charge in [-0.15, -0.1) is 11.3 Å². The first-order valence-electron chi connectivity index (χ1n) is 5.42. The Labute approximate surface area is 122 Å². The molecule has 0 radical (unpaired) electrons. The molecule has 0 aliphatic rings. The normalized spacial score (nSPS) is 11.1. The predicted octanol–water partition coefficient (Wildman–Crippen LogP) is 3.13. The number of halogens is 1. The van der Waals surface area contributed by atoms with Crippen molar-refractivity contribution < 1.29 is 0 Å². The average molecular weight is 370 g/mol. The Bertz CT molecular complexity index is 701. The molecule has 6 heteroatoms. The van der Waals surface area contributed by atoms with Gasteiger partial charge in [-0.1, -0.05) is 0 Å². The molecule has 0 spiro atoms. The van der Waals surface area contributed by atoms with E-state index in [9.17, 15) is 0 Å². The standard InChI is InChI=1S/C12H11IN4S/c1-16(2)11-4-3-9(18-11)8-7-17-6-5-10(13)15-12(17)14-8/h3-7H,1-2H3. The van der Waals surface area contributed by atoms with Gasteiger partial charge < -0.3 is 4.90 Å². The number of hydrogen-bond donors (Lipinski definition) is 0. The van der Waals surface area contributed by atoms with Crippen molar-refractivity contribution in [3.63, 3.8) is 0 Å². The van der Waals surface area contributed by atoms with Crippen molar-refractivity contribution in [2.24, 2.45) is 0 Å². The Morgan fingerprint density at radius 1 is 1.22 bits per heavy atom. The highest BCUT2D eigenvalue weighted by molar-refractivity contribution is 14.1. The lowest BCUT2D eigenvalue weighted by Crippen LogP contribution is -2.05. The number of nitrogens with zero attached hydrogens (tertiary/aromatic N) is 4. The Kier molecular flexibility index (Phi) is 2.98. The fourth-order valence-corrected chi connectivity index (χ4v) is 2.93. The van der Waals surface area contributed by atoms with Crippen LogP contribution in [0.2, 0.25) is 0 Å². The minimum atomic E-state index is 0.747. The van der Waals surface area contributed by atoms with Crippen LogP contribution in [0.25, 0.3) is 16.3 Å². The van der Waals surface area contributed by atoms with Gasteiger partial charge in [-0.25, -0.2) is 9.97 Å². The zero-order chi connectivity index (χ0) is 12.7. The molecule has 92 valence electrons. The van der Waals surface area contributed by atoms with E-state index < -0.39 is 0 Å². The highest BCUT2D eigenvalue weighted by Crippen LogP contribution is 2.32. The zero-order valence-electron chi connectivity index (χ0n) is 9.96. The smallest absolute Gasteiger partial charge is 0.235 e. The van der Waals surface area contributed by atoms with Gasteiger partial charge in [0.15, 0.2) is 0 Å². The number of hydrogen-bond acceptors (Lipinski definition) is 4. The zero-order valence-corrected chi connectivity index (χ0v) is 12.9. The third-order valence-corrected chi connectivity index (χ3v) is 4.45. The lowest BCUT2D eigenvalue weighted by atomic mass is 10.4. The second kappa shape index (κ2) is 4.51. The van der Waals surface area contributed by atoms with Crippen molar-refractivity contribution in [3.8, 4) is 10.6 Å². The largest absolute Gasteiger partial charge is 0.370 e. The molecule has 0 saturated carbocycles. The van der Waals surface area contributed by atoms with Gasteiger partial charge >= 0.3 is 0 Å². The molecule has 3 heterocycles. The van der Waals surface area contributed by atoms with Crippen LogP contribution < -0.4 is 4.90 Å². The number of fused-ring (bicyclic) bond motifs is 1. The maximum Gasteiger partial charge on any atom is 0.235 e. The summed E-state index contributed by atoms with van der Waals surface area (Å²) in [4.78, 5) is 12.2. The topological polar surface area (TPSA) is 33.4 Å². The molecule has 3 aromatic heterocycles. The van der Waals surface area contributed by atoms with Crippen LogP contribution in [0.5, 0.6) is 0 Å². The fourth-order valence-electron chi connectivity index (χ4n) is 1.68. The van der Waals surface area contributed by atoms with Crippen LogP contribution in [0.3, 0.4) is 0 Å². The van der Waals surface area contributed by atoms with Gasteiger partial charge in [0.1, 0.15) is 9.39 Å². The van der Waals surface area contributed by atoms with Crippen molar-refractivity contribution in [3.05, 3.63) is 34.3 Å². The van der Waals surface area contributed by atoms with Crippen LogP contribution >= 0.6 is 33.9 Å². The first-order chi connectivity index (χ1) is 8.63. The summed E-state index contributed by atoms with van der Waals surface area (Å²) in [5.41, 5.74) is 0.975. The monoisotopic (exact) mass is 370 g/mol. The Balaban J connectivity index is 2.07. The summed E-state index contributed by atoms with van der Waals surface area (Å²) in [6.45, 7) is 0. The number of imidazole rings is 1. The van der Waals surface area contributed by atoms with E-state index in [1.807, 2.05) is 37.0 Å². The third kappa shape index (κ3) is 2.10. The van der Waals surface area contributed by atoms with Gasteiger partial charge in [0.2, 0.25) is 5.78 Å². The molecule has 3 rings (SSSR count). The van der Waals surface area contributed by atoms with Crippen LogP contribution in [0.4, 0.5) is 5.00 Å². The summed E-state index contributed by atoms with van der Waals surface area (Å²) < 4.78 is 2.91. The maximum atomic E-state index is 4.56. The van der Waals surface area contributed by atoms with Crippen molar-refractivity contribution in [2.45, 2.75) is 0 Å². The maximum absolute atomic E-state index is 4.56. The molecule has 0 aliphatic heterocycles. The summed E-state index contributed by atoms with van der Waals surface area (Å²) in [6.07, 6.45) is 4.00. The SMILES string of the molecule is CN(C)c1ccc(-c2cn3ccc(I)nc3n2)s1. The molecule has 0 amide bonds. The summed E-state index contributed by atoms with van der Waals surface area (Å²) in [5.74, 6) is 0.747. The summed E-state index contributed by atoms with van der Waals surface area (Å²) in [6, 6.07) is 6.19. The van der Waals surface area contributed by atoms with Crippen molar-refractivity contribution >= 4 is 44.7 Å². The number of thiophene rings is 1. The third-order valence-electron chi connectivity index (χ3n) is 2.58. The molecular formula is C12H11IN4S. The molecular weight excluding hydrogens is 359 g/mol. The van der Waals surface area contributed by atoms with E-state index in [-0.39, 0.29) is 0 Å². The lowest BCUT2D eigenvalue weighted by Gasteiger charge is -2.06. The molecule has 0 atom stereocenters. The Morgan fingerprint density at radius 3 is 2.78 bits per heavy atom. The summed E-state index contributed by atoms with van der Waals surface area (Å²) in [7, 11) is 4.09. The molecule has 0 unspecified atom stereocenters. The van der Waals surface area contributed by atoms with E-state index in [2.05, 4.69) is 49.6 Å². The number of aromatic nitrogens is 3. The van der Waals surface area contributed by atoms with E-state index in [1.165, 1.54) is 9.88 Å². The first-order valence-corrected chi connectivity index (χ1v) is 7.32. The quantitative estimate of drug-likeness (QED) is 0.514. The van der Waals surface area contributed by atoms with E-state index in [1.54, 1.807) is 11.3 Å². The van der Waals surface area contributed by atoms with Crippen molar-refractivity contribution in [2.75, 3.05) is 19.0 Å². The van der Waals surface area contributed by atoms with Crippen LogP contribution in [0.15, 0.2) is 30.6 Å². The molecule has 0 N–H and O–H groups in total. The van der Waals surface area contributed by atoms with Crippen LogP contribution in [-0.2, 0) is 0 Å². The lowest BCUT2D eigenvalue weighted by molar-refractivity contribution is 1.09. The van der Waals surface area contributed by atoms with Gasteiger partial charge in [-0.3, -0.25) is 4.40 Å². The highest BCUT2D eigenvalue weighted by Gasteiger charge is 2.09. The van der Waals surface area contributed by atoms with E-state index in [0.717, 1.165) is 15.2 Å². The molecule has 0 bridgehead atoms. The van der Waals surface area contributed by atoms with Gasteiger partial charge in [0.05, 0.1) is 9.88 Å². The molecule has 0 aromatic carbocycles. The van der Waals surface area contributed by atoms with Crippen molar-refractivity contribution in [1.82, 2.24) is 14.4 Å². The molecule has 3 aromatic rings. The van der Waals surface area contributed by atoms with Gasteiger partial charge in [-0.05, 0) is 40.8 Å². The summed E-state index contributed by atoms with van der Waals surface area (Å²) >= 11 is 3.93.